The molecule has 4 nitrogen and oxygen atoms in total. The Morgan fingerprint density at radius 3 is 2.12 bits per heavy atom. The molecule has 0 radical (unpaired) electrons. The summed E-state index contributed by atoms with van der Waals surface area (Å²) in [6.45, 7) is 4.22. The number of hydrogen-bond donors (Lipinski definition) is 2. The van der Waals surface area contributed by atoms with Gasteiger partial charge in [-0.2, -0.15) is 0 Å². The number of carbonyl (C=O) groups is 2. The van der Waals surface area contributed by atoms with E-state index >= 15 is 0 Å². The van der Waals surface area contributed by atoms with E-state index in [0.717, 1.165) is 44.9 Å². The maximum Gasteiger partial charge on any atom is 0.322 e. The molecule has 1 saturated heterocycles. The molecule has 0 aliphatic carbocycles. The Hall–Kier alpha value is -1.06. The molecule has 1 aliphatic heterocycles. The molecule has 0 aromatic heterocycles. The number of unbranched alkanes of at least 4 members (excludes halogenated alkanes) is 3. The largest absolute Gasteiger partial charge is 0.323 e. The van der Waals surface area contributed by atoms with Crippen molar-refractivity contribution in [3.63, 3.8) is 0 Å². The van der Waals surface area contributed by atoms with Crippen molar-refractivity contribution in [2.75, 3.05) is 0 Å². The van der Waals surface area contributed by atoms with E-state index in [-0.39, 0.29) is 11.9 Å². The van der Waals surface area contributed by atoms with Crippen LogP contribution in [-0.2, 0) is 4.79 Å². The molecule has 16 heavy (non-hydrogen) atoms. The summed E-state index contributed by atoms with van der Waals surface area (Å²) >= 11 is 0. The zero-order valence-electron chi connectivity index (χ0n) is 10.3. The van der Waals surface area contributed by atoms with E-state index in [4.69, 9.17) is 0 Å². The van der Waals surface area contributed by atoms with E-state index in [1.807, 2.05) is 0 Å². The number of carbonyl (C=O) groups excluding carboxylic acids is 2. The van der Waals surface area contributed by atoms with Crippen LogP contribution >= 0.6 is 0 Å². The summed E-state index contributed by atoms with van der Waals surface area (Å²) in [5.74, 6) is -0.137. The topological polar surface area (TPSA) is 58.2 Å². The van der Waals surface area contributed by atoms with Crippen LogP contribution in [0.15, 0.2) is 0 Å². The first kappa shape index (κ1) is 13.0. The average molecular weight is 226 g/mol. The van der Waals surface area contributed by atoms with Crippen LogP contribution in [0.2, 0.25) is 0 Å². The van der Waals surface area contributed by atoms with Gasteiger partial charge in [-0.15, -0.1) is 0 Å². The second-order valence-corrected chi connectivity index (χ2v) is 4.55. The van der Waals surface area contributed by atoms with Gasteiger partial charge in [0.2, 0.25) is 0 Å². The third-order valence-electron chi connectivity index (χ3n) is 3.18. The summed E-state index contributed by atoms with van der Waals surface area (Å²) in [5, 5.41) is 5.17. The second kappa shape index (κ2) is 5.87. The highest BCUT2D eigenvalue weighted by atomic mass is 16.2. The maximum absolute atomic E-state index is 11.8. The molecule has 1 atom stereocenters. The smallest absolute Gasteiger partial charge is 0.322 e. The fourth-order valence-corrected chi connectivity index (χ4v) is 2.16. The van der Waals surface area contributed by atoms with Gasteiger partial charge in [-0.05, 0) is 12.8 Å². The van der Waals surface area contributed by atoms with Crippen LogP contribution in [0, 0.1) is 0 Å². The normalized spacial score (nSPS) is 24.4. The van der Waals surface area contributed by atoms with E-state index in [1.54, 1.807) is 0 Å². The van der Waals surface area contributed by atoms with E-state index < -0.39 is 5.54 Å². The zero-order valence-corrected chi connectivity index (χ0v) is 10.3. The summed E-state index contributed by atoms with van der Waals surface area (Å²) in [6.07, 6.45) is 6.76. The molecule has 4 heteroatoms. The predicted molar refractivity (Wildman–Crippen MR) is 63.1 cm³/mol. The van der Waals surface area contributed by atoms with Gasteiger partial charge in [0, 0.05) is 0 Å². The monoisotopic (exact) mass is 226 g/mol. The first-order valence-corrected chi connectivity index (χ1v) is 6.28. The second-order valence-electron chi connectivity index (χ2n) is 4.55. The Morgan fingerprint density at radius 2 is 1.62 bits per heavy atom. The molecule has 0 bridgehead atoms. The van der Waals surface area contributed by atoms with Gasteiger partial charge in [-0.25, -0.2) is 4.79 Å². The molecule has 1 heterocycles. The fraction of sp³-hybridized carbons (Fsp3) is 0.833. The molecule has 0 aromatic rings. The Balaban J connectivity index is 2.60. The number of nitrogens with one attached hydrogen (secondary N) is 2. The average Bonchev–Trinajstić information content (AvgIpc) is 2.52. The summed E-state index contributed by atoms with van der Waals surface area (Å²) in [4.78, 5) is 23.0. The molecule has 92 valence electrons. The van der Waals surface area contributed by atoms with Crippen LogP contribution in [0.25, 0.3) is 0 Å². The van der Waals surface area contributed by atoms with Crippen LogP contribution in [-0.4, -0.2) is 17.5 Å². The highest BCUT2D eigenvalue weighted by Gasteiger charge is 2.44. The number of amides is 3. The molecule has 3 amide bonds. The third kappa shape index (κ3) is 2.97. The van der Waals surface area contributed by atoms with Gasteiger partial charge in [0.25, 0.3) is 5.91 Å². The van der Waals surface area contributed by atoms with Gasteiger partial charge in [-0.1, -0.05) is 46.0 Å². The van der Waals surface area contributed by atoms with E-state index in [1.165, 1.54) is 0 Å². The van der Waals surface area contributed by atoms with Crippen LogP contribution in [0.4, 0.5) is 4.79 Å². The Bertz CT molecular complexity index is 266. The third-order valence-corrected chi connectivity index (χ3v) is 3.18. The molecule has 0 aromatic carbocycles. The van der Waals surface area contributed by atoms with Gasteiger partial charge < -0.3 is 5.32 Å². The van der Waals surface area contributed by atoms with Crippen molar-refractivity contribution in [2.45, 2.75) is 64.3 Å². The van der Waals surface area contributed by atoms with Crippen molar-refractivity contribution in [3.05, 3.63) is 0 Å². The van der Waals surface area contributed by atoms with Gasteiger partial charge >= 0.3 is 6.03 Å². The van der Waals surface area contributed by atoms with Crippen LogP contribution < -0.4 is 10.6 Å². The van der Waals surface area contributed by atoms with Crippen molar-refractivity contribution in [1.82, 2.24) is 10.6 Å². The summed E-state index contributed by atoms with van der Waals surface area (Å²) in [6, 6.07) is -0.336. The number of hydrogen-bond acceptors (Lipinski definition) is 2. The first-order chi connectivity index (χ1) is 7.64. The summed E-state index contributed by atoms with van der Waals surface area (Å²) in [5.41, 5.74) is -0.623. The minimum Gasteiger partial charge on any atom is -0.323 e. The molecule has 2 N–H and O–H groups in total. The molecule has 0 saturated carbocycles. The first-order valence-electron chi connectivity index (χ1n) is 6.28. The van der Waals surface area contributed by atoms with Crippen molar-refractivity contribution in [3.8, 4) is 0 Å². The number of imide groups is 1. The van der Waals surface area contributed by atoms with Gasteiger partial charge in [0.1, 0.15) is 5.54 Å². The number of rotatable bonds is 7. The highest BCUT2D eigenvalue weighted by Crippen LogP contribution is 2.25. The lowest BCUT2D eigenvalue weighted by Crippen LogP contribution is -2.46. The standard InChI is InChI=1S/C12H22N2O2/c1-3-5-7-9-12(8-6-4-2)10(15)13-11(16)14-12/h3-9H2,1-2H3,(H2,13,14,15,16). The van der Waals surface area contributed by atoms with Crippen molar-refractivity contribution >= 4 is 11.9 Å². The molecule has 1 rings (SSSR count). The molecule has 0 spiro atoms. The molecular formula is C12H22N2O2. The van der Waals surface area contributed by atoms with Crippen molar-refractivity contribution in [2.24, 2.45) is 0 Å². The lowest BCUT2D eigenvalue weighted by atomic mass is 9.87. The quantitative estimate of drug-likeness (QED) is 0.517. The van der Waals surface area contributed by atoms with Gasteiger partial charge in [0.05, 0.1) is 0 Å². The minimum atomic E-state index is -0.623. The number of urea groups is 1. The van der Waals surface area contributed by atoms with Crippen LogP contribution in [0.1, 0.15) is 58.8 Å². The van der Waals surface area contributed by atoms with Crippen molar-refractivity contribution in [1.29, 1.82) is 0 Å². The van der Waals surface area contributed by atoms with Gasteiger partial charge in [0.15, 0.2) is 0 Å². The Morgan fingerprint density at radius 1 is 1.00 bits per heavy atom. The zero-order chi connectivity index (χ0) is 12.0. The summed E-state index contributed by atoms with van der Waals surface area (Å²) < 4.78 is 0. The predicted octanol–water partition coefficient (Wildman–Crippen LogP) is 2.34. The van der Waals surface area contributed by atoms with Gasteiger partial charge in [-0.3, -0.25) is 10.1 Å². The molecular weight excluding hydrogens is 204 g/mol. The maximum atomic E-state index is 11.8. The van der Waals surface area contributed by atoms with Crippen LogP contribution in [0.5, 0.6) is 0 Å². The van der Waals surface area contributed by atoms with E-state index in [9.17, 15) is 9.59 Å². The van der Waals surface area contributed by atoms with Crippen LogP contribution in [0.3, 0.4) is 0 Å². The minimum absolute atomic E-state index is 0.137. The SMILES string of the molecule is CCCCCC1(CCCC)NC(=O)NC1=O. The molecule has 1 fully saturated rings. The lowest BCUT2D eigenvalue weighted by Gasteiger charge is -2.25. The molecule has 1 aliphatic rings. The fourth-order valence-electron chi connectivity index (χ4n) is 2.16. The van der Waals surface area contributed by atoms with E-state index in [2.05, 4.69) is 24.5 Å². The summed E-state index contributed by atoms with van der Waals surface area (Å²) in [7, 11) is 0. The van der Waals surface area contributed by atoms with Crippen molar-refractivity contribution < 1.29 is 9.59 Å². The van der Waals surface area contributed by atoms with E-state index in [0.29, 0.717) is 0 Å². The lowest BCUT2D eigenvalue weighted by molar-refractivity contribution is -0.124. The molecule has 1 unspecified atom stereocenters. The highest BCUT2D eigenvalue weighted by molar-refractivity contribution is 6.06. The Labute approximate surface area is 97.2 Å². The Kier molecular flexibility index (Phi) is 4.77.